The highest BCUT2D eigenvalue weighted by atomic mass is 79.9. The molecule has 250 valence electrons. The van der Waals surface area contributed by atoms with Crippen LogP contribution < -0.4 is 10.6 Å². The van der Waals surface area contributed by atoms with E-state index in [0.29, 0.717) is 58.0 Å². The van der Waals surface area contributed by atoms with Crippen LogP contribution in [-0.4, -0.2) is 105 Å². The molecule has 3 fully saturated rings. The van der Waals surface area contributed by atoms with Gasteiger partial charge in [0, 0.05) is 66.8 Å². The van der Waals surface area contributed by atoms with E-state index in [1.807, 2.05) is 46.2 Å². The minimum atomic E-state index is -0.778. The molecule has 2 aromatic carbocycles. The van der Waals surface area contributed by atoms with Crippen molar-refractivity contribution in [3.63, 3.8) is 0 Å². The number of carbonyl (C=O) groups is 3. The Morgan fingerprint density at radius 2 is 1.72 bits per heavy atom. The summed E-state index contributed by atoms with van der Waals surface area (Å²) in [6, 6.07) is 11.5. The smallest absolute Gasteiger partial charge is 0.351 e. The van der Waals surface area contributed by atoms with Crippen molar-refractivity contribution in [1.29, 1.82) is 0 Å². The van der Waals surface area contributed by atoms with E-state index in [4.69, 9.17) is 4.84 Å². The number of halogens is 1. The van der Waals surface area contributed by atoms with Crippen molar-refractivity contribution in [2.75, 3.05) is 44.6 Å². The maximum atomic E-state index is 14.0. The number of nitrogens with one attached hydrogen (secondary N) is 3. The number of benzene rings is 2. The van der Waals surface area contributed by atoms with Gasteiger partial charge in [-0.25, -0.2) is 9.59 Å². The fourth-order valence-corrected chi connectivity index (χ4v) is 8.24. The second-order valence-corrected chi connectivity index (χ2v) is 14.1. The van der Waals surface area contributed by atoms with Crippen LogP contribution in [0.3, 0.4) is 0 Å². The molecule has 1 aromatic heterocycles. The van der Waals surface area contributed by atoms with Crippen molar-refractivity contribution >= 4 is 50.6 Å². The zero-order valence-electron chi connectivity index (χ0n) is 26.6. The number of urea groups is 1. The van der Waals surface area contributed by atoms with E-state index in [1.165, 1.54) is 19.3 Å². The molecule has 12 nitrogen and oxygen atoms in total. The van der Waals surface area contributed by atoms with E-state index in [1.54, 1.807) is 11.3 Å². The predicted octanol–water partition coefficient (Wildman–Crippen LogP) is 4.87. The highest BCUT2D eigenvalue weighted by Crippen LogP contribution is 2.29. The van der Waals surface area contributed by atoms with Gasteiger partial charge in [0.2, 0.25) is 5.91 Å². The highest BCUT2D eigenvalue weighted by molar-refractivity contribution is 9.10. The third kappa shape index (κ3) is 7.26. The van der Waals surface area contributed by atoms with E-state index < -0.39 is 12.1 Å². The second kappa shape index (κ2) is 14.2. The molecule has 4 aliphatic rings. The maximum Gasteiger partial charge on any atom is 0.426 e. The minimum Gasteiger partial charge on any atom is -0.351 e. The summed E-state index contributed by atoms with van der Waals surface area (Å²) in [5, 5.41) is 15.6. The first kappa shape index (κ1) is 31.9. The summed E-state index contributed by atoms with van der Waals surface area (Å²) in [6.45, 7) is 5.21. The number of rotatable bonds is 7. The quantitative estimate of drug-likeness (QED) is 0.320. The van der Waals surface area contributed by atoms with Gasteiger partial charge in [-0.2, -0.15) is 5.10 Å². The number of hydrogen-bond acceptors (Lipinski definition) is 7. The molecule has 4 aliphatic heterocycles. The van der Waals surface area contributed by atoms with Gasteiger partial charge in [0.05, 0.1) is 11.7 Å². The molecule has 0 bridgehead atoms. The number of aromatic amines is 1. The van der Waals surface area contributed by atoms with Crippen LogP contribution >= 0.6 is 15.9 Å². The lowest BCUT2D eigenvalue weighted by molar-refractivity contribution is -0.137. The van der Waals surface area contributed by atoms with Crippen LogP contribution in [0.5, 0.6) is 0 Å². The summed E-state index contributed by atoms with van der Waals surface area (Å²) in [7, 11) is 0. The van der Waals surface area contributed by atoms with Gasteiger partial charge in [0.25, 0.3) is 0 Å². The summed E-state index contributed by atoms with van der Waals surface area (Å²) < 4.78 is 0.854. The van der Waals surface area contributed by atoms with Crippen molar-refractivity contribution in [2.45, 2.75) is 76.0 Å². The van der Waals surface area contributed by atoms with E-state index in [0.717, 1.165) is 58.1 Å². The van der Waals surface area contributed by atoms with Crippen LogP contribution in [0.15, 0.2) is 47.1 Å². The first-order valence-corrected chi connectivity index (χ1v) is 17.7. The van der Waals surface area contributed by atoms with Crippen molar-refractivity contribution in [3.05, 3.63) is 58.2 Å². The number of H-pyrrole nitrogens is 1. The summed E-state index contributed by atoms with van der Waals surface area (Å²) in [4.78, 5) is 52.3. The van der Waals surface area contributed by atoms with E-state index in [2.05, 4.69) is 41.7 Å². The molecule has 1 unspecified atom stereocenters. The predicted molar refractivity (Wildman–Crippen MR) is 182 cm³/mol. The highest BCUT2D eigenvalue weighted by Gasteiger charge is 2.35. The van der Waals surface area contributed by atoms with Gasteiger partial charge < -0.3 is 30.2 Å². The van der Waals surface area contributed by atoms with Gasteiger partial charge in [-0.3, -0.25) is 9.89 Å². The van der Waals surface area contributed by atoms with Crippen LogP contribution in [0.4, 0.5) is 15.3 Å². The van der Waals surface area contributed by atoms with Crippen LogP contribution in [0, 0.1) is 0 Å². The van der Waals surface area contributed by atoms with E-state index >= 15 is 0 Å². The lowest BCUT2D eigenvalue weighted by Gasteiger charge is -2.41. The number of hydrogen-bond donors (Lipinski definition) is 3. The number of para-hydroxylation sites is 1. The number of aromatic nitrogens is 2. The zero-order chi connectivity index (χ0) is 32.3. The lowest BCUT2D eigenvalue weighted by Crippen LogP contribution is -2.55. The monoisotopic (exact) mass is 706 g/mol. The molecular weight excluding hydrogens is 664 g/mol. The van der Waals surface area contributed by atoms with Crippen molar-refractivity contribution in [1.82, 2.24) is 35.3 Å². The fraction of sp³-hybridized carbons (Fsp3) is 0.529. The van der Waals surface area contributed by atoms with Crippen molar-refractivity contribution < 1.29 is 19.2 Å². The molecule has 0 radical (unpaired) electrons. The topological polar surface area (TPSA) is 126 Å². The largest absolute Gasteiger partial charge is 0.426 e. The molecule has 13 heteroatoms. The minimum absolute atomic E-state index is 0.0461. The number of hydroxylamine groups is 2. The number of fused-ring (bicyclic) bond motifs is 2. The Kier molecular flexibility index (Phi) is 9.64. The summed E-state index contributed by atoms with van der Waals surface area (Å²) in [5.74, 6) is -0.0856. The van der Waals surface area contributed by atoms with Gasteiger partial charge in [-0.05, 0) is 96.9 Å². The Hall–Kier alpha value is -3.68. The molecule has 4 amide bonds. The van der Waals surface area contributed by atoms with Crippen LogP contribution in [0.1, 0.15) is 56.1 Å². The van der Waals surface area contributed by atoms with E-state index in [-0.39, 0.29) is 18.0 Å². The molecule has 0 aliphatic carbocycles. The summed E-state index contributed by atoms with van der Waals surface area (Å²) >= 11 is 3.62. The number of nitrogens with zero attached hydrogens (tertiary/aromatic N) is 5. The molecule has 0 spiro atoms. The van der Waals surface area contributed by atoms with Crippen molar-refractivity contribution in [3.8, 4) is 0 Å². The third-order valence-corrected chi connectivity index (χ3v) is 10.8. The number of piperidine rings is 3. The van der Waals surface area contributed by atoms with Crippen LogP contribution in [-0.2, 0) is 22.6 Å². The Morgan fingerprint density at radius 1 is 0.979 bits per heavy atom. The Balaban J connectivity index is 0.975. The third-order valence-electron chi connectivity index (χ3n) is 10.2. The van der Waals surface area contributed by atoms with Gasteiger partial charge >= 0.3 is 12.1 Å². The molecule has 0 saturated carbocycles. The second-order valence-electron chi connectivity index (χ2n) is 13.2. The van der Waals surface area contributed by atoms with E-state index in [9.17, 15) is 14.4 Å². The van der Waals surface area contributed by atoms with Crippen LogP contribution in [0.25, 0.3) is 10.9 Å². The zero-order valence-corrected chi connectivity index (χ0v) is 28.2. The molecule has 1 atom stereocenters. The number of amides is 4. The fourth-order valence-electron chi connectivity index (χ4n) is 7.63. The molecule has 7 rings (SSSR count). The van der Waals surface area contributed by atoms with Gasteiger partial charge in [-0.15, -0.1) is 5.06 Å². The number of anilines is 1. The average molecular weight is 708 g/mol. The first-order valence-electron chi connectivity index (χ1n) is 16.9. The van der Waals surface area contributed by atoms with Crippen LogP contribution in [0.2, 0.25) is 0 Å². The molecule has 3 saturated heterocycles. The molecule has 5 heterocycles. The normalized spacial score (nSPS) is 20.9. The number of carbonyl (C=O) groups excluding carboxylic acids is 3. The van der Waals surface area contributed by atoms with Crippen molar-refractivity contribution in [2.24, 2.45) is 0 Å². The molecule has 3 aromatic rings. The molecule has 47 heavy (non-hydrogen) atoms. The number of likely N-dealkylation sites (tertiary alicyclic amines) is 2. The Bertz CT molecular complexity index is 1590. The maximum absolute atomic E-state index is 14.0. The van der Waals surface area contributed by atoms with Gasteiger partial charge in [-0.1, -0.05) is 24.6 Å². The standard InChI is InChI=1S/C34H43BrN8O4/c35-28-19-23(18-25-21-36-39-31(25)28)20-30(32(44)41-14-8-26(9-15-41)40-12-4-1-5-13-40)38-34(46)47-42-16-10-27(11-17-42)43-22-24-6-2-3-7-29(24)37-33(43)45/h2-3,6-7,18-19,21,26-27,30H,1,4-5,8-17,20,22H2,(H,36,39)(H,37,45)(H,38,46). The molecule has 3 N–H and O–H groups in total. The lowest BCUT2D eigenvalue weighted by atomic mass is 9.98. The van der Waals surface area contributed by atoms with Gasteiger partial charge in [0.15, 0.2) is 0 Å². The summed E-state index contributed by atoms with van der Waals surface area (Å²) in [6.07, 6.45) is 8.50. The Morgan fingerprint density at radius 3 is 2.51 bits per heavy atom. The SMILES string of the molecule is O=C(NC(Cc1cc(Br)c2[nH]ncc2c1)C(=O)N1CCC(N2CCCCC2)CC1)ON1CCC(N2Cc3ccccc3NC2=O)CC1. The molecular formula is C34H43BrN8O4. The Labute approximate surface area is 283 Å². The average Bonchev–Trinajstić information content (AvgIpc) is 3.58. The van der Waals surface area contributed by atoms with Gasteiger partial charge in [0.1, 0.15) is 6.04 Å². The first-order chi connectivity index (χ1) is 22.9. The summed E-state index contributed by atoms with van der Waals surface area (Å²) in [5.41, 5.74) is 3.75.